The van der Waals surface area contributed by atoms with Crippen LogP contribution in [0.25, 0.3) is 11.0 Å². The van der Waals surface area contributed by atoms with Crippen LogP contribution in [-0.2, 0) is 17.8 Å². The van der Waals surface area contributed by atoms with Crippen molar-refractivity contribution < 1.29 is 13.6 Å². The standard InChI is InChI=1S/C25H23F2N3O/c1-16-12-22-23(13-17(16)2)30(24(29-22)14-18-6-8-19(26)9-7-18)11-10-25(31)28-21-5-3-4-20(27)15-21/h3-9,12-13,15H,10-11,14H2,1-2H3,(H,28,31). The first-order chi connectivity index (χ1) is 14.9. The molecule has 0 saturated heterocycles. The summed E-state index contributed by atoms with van der Waals surface area (Å²) in [6, 6.07) is 16.3. The number of benzene rings is 3. The van der Waals surface area contributed by atoms with Crippen molar-refractivity contribution >= 4 is 22.6 Å². The van der Waals surface area contributed by atoms with E-state index >= 15 is 0 Å². The van der Waals surface area contributed by atoms with Gasteiger partial charge in [0.05, 0.1) is 11.0 Å². The molecule has 0 atom stereocenters. The molecule has 6 heteroatoms. The van der Waals surface area contributed by atoms with Crippen molar-refractivity contribution in [3.63, 3.8) is 0 Å². The first-order valence-corrected chi connectivity index (χ1v) is 10.2. The van der Waals surface area contributed by atoms with Gasteiger partial charge < -0.3 is 9.88 Å². The summed E-state index contributed by atoms with van der Waals surface area (Å²) in [6.07, 6.45) is 0.740. The first kappa shape index (κ1) is 20.7. The average Bonchev–Trinajstić information content (AvgIpc) is 3.04. The molecule has 1 amide bonds. The zero-order valence-electron chi connectivity index (χ0n) is 17.5. The zero-order chi connectivity index (χ0) is 22.0. The van der Waals surface area contributed by atoms with E-state index in [-0.39, 0.29) is 18.1 Å². The number of halogens is 2. The minimum absolute atomic E-state index is 0.205. The highest BCUT2D eigenvalue weighted by Gasteiger charge is 2.14. The fourth-order valence-electron chi connectivity index (χ4n) is 3.60. The Hall–Kier alpha value is -3.54. The van der Waals surface area contributed by atoms with Gasteiger partial charge in [-0.15, -0.1) is 0 Å². The number of aromatic nitrogens is 2. The van der Waals surface area contributed by atoms with Gasteiger partial charge in [-0.1, -0.05) is 18.2 Å². The first-order valence-electron chi connectivity index (χ1n) is 10.2. The van der Waals surface area contributed by atoms with E-state index in [1.165, 1.54) is 24.3 Å². The lowest BCUT2D eigenvalue weighted by molar-refractivity contribution is -0.116. The zero-order valence-corrected chi connectivity index (χ0v) is 17.5. The van der Waals surface area contributed by atoms with E-state index in [9.17, 15) is 13.6 Å². The summed E-state index contributed by atoms with van der Waals surface area (Å²) in [6.45, 7) is 4.51. The summed E-state index contributed by atoms with van der Waals surface area (Å²) in [5, 5.41) is 2.73. The summed E-state index contributed by atoms with van der Waals surface area (Å²) in [5.74, 6) is -0.0717. The van der Waals surface area contributed by atoms with E-state index in [1.54, 1.807) is 24.3 Å². The van der Waals surface area contributed by atoms with E-state index < -0.39 is 5.82 Å². The van der Waals surface area contributed by atoms with Crippen LogP contribution in [0.4, 0.5) is 14.5 Å². The number of imidazole rings is 1. The molecule has 0 spiro atoms. The molecule has 1 heterocycles. The van der Waals surface area contributed by atoms with Gasteiger partial charge in [-0.3, -0.25) is 4.79 Å². The molecule has 4 aromatic rings. The number of hydrogen-bond acceptors (Lipinski definition) is 2. The highest BCUT2D eigenvalue weighted by atomic mass is 19.1. The molecule has 31 heavy (non-hydrogen) atoms. The van der Waals surface area contributed by atoms with E-state index in [1.807, 2.05) is 24.5 Å². The molecular formula is C25H23F2N3O. The third-order valence-corrected chi connectivity index (χ3v) is 5.39. The third kappa shape index (κ3) is 4.79. The lowest BCUT2D eigenvalue weighted by Crippen LogP contribution is -2.16. The van der Waals surface area contributed by atoms with Gasteiger partial charge >= 0.3 is 0 Å². The van der Waals surface area contributed by atoms with Crippen LogP contribution in [0.3, 0.4) is 0 Å². The van der Waals surface area contributed by atoms with E-state index in [4.69, 9.17) is 4.98 Å². The number of nitrogens with zero attached hydrogens (tertiary/aromatic N) is 2. The molecule has 3 aromatic carbocycles. The SMILES string of the molecule is Cc1cc2nc(Cc3ccc(F)cc3)n(CCC(=O)Nc3cccc(F)c3)c2cc1C. The Balaban J connectivity index is 1.60. The summed E-state index contributed by atoms with van der Waals surface area (Å²) in [7, 11) is 0. The van der Waals surface area contributed by atoms with Crippen molar-refractivity contribution in [1.82, 2.24) is 9.55 Å². The molecular weight excluding hydrogens is 396 g/mol. The van der Waals surface area contributed by atoms with Gasteiger partial charge in [-0.05, 0) is 73.0 Å². The van der Waals surface area contributed by atoms with Crippen molar-refractivity contribution in [3.05, 3.63) is 94.8 Å². The maximum Gasteiger partial charge on any atom is 0.226 e. The van der Waals surface area contributed by atoms with Gasteiger partial charge in [0.1, 0.15) is 17.5 Å². The number of carbonyl (C=O) groups is 1. The summed E-state index contributed by atoms with van der Waals surface area (Å²) >= 11 is 0. The molecule has 0 unspecified atom stereocenters. The van der Waals surface area contributed by atoms with Crippen molar-refractivity contribution in [3.8, 4) is 0 Å². The van der Waals surface area contributed by atoms with E-state index in [2.05, 4.69) is 11.4 Å². The maximum atomic E-state index is 13.4. The van der Waals surface area contributed by atoms with Crippen molar-refractivity contribution in [1.29, 1.82) is 0 Å². The Morgan fingerprint density at radius 1 is 0.968 bits per heavy atom. The number of rotatable bonds is 6. The van der Waals surface area contributed by atoms with Crippen LogP contribution in [0.2, 0.25) is 0 Å². The van der Waals surface area contributed by atoms with Crippen molar-refractivity contribution in [2.45, 2.75) is 33.2 Å². The molecule has 158 valence electrons. The topological polar surface area (TPSA) is 46.9 Å². The lowest BCUT2D eigenvalue weighted by Gasteiger charge is -2.11. The number of carbonyl (C=O) groups excluding carboxylic acids is 1. The fraction of sp³-hybridized carbons (Fsp3) is 0.200. The van der Waals surface area contributed by atoms with Gasteiger partial charge in [0.25, 0.3) is 0 Å². The van der Waals surface area contributed by atoms with Crippen LogP contribution in [-0.4, -0.2) is 15.5 Å². The number of amides is 1. The molecule has 0 aliphatic carbocycles. The number of anilines is 1. The predicted molar refractivity (Wildman–Crippen MR) is 118 cm³/mol. The molecule has 1 N–H and O–H groups in total. The number of nitrogens with one attached hydrogen (secondary N) is 1. The van der Waals surface area contributed by atoms with Crippen LogP contribution in [0.5, 0.6) is 0 Å². The quantitative estimate of drug-likeness (QED) is 0.445. The highest BCUT2D eigenvalue weighted by molar-refractivity contribution is 5.90. The second-order valence-electron chi connectivity index (χ2n) is 7.72. The van der Waals surface area contributed by atoms with Crippen LogP contribution >= 0.6 is 0 Å². The van der Waals surface area contributed by atoms with Gasteiger partial charge in [-0.25, -0.2) is 13.8 Å². The van der Waals surface area contributed by atoms with Gasteiger partial charge in [0.15, 0.2) is 0 Å². The Kier molecular flexibility index (Phi) is 5.80. The molecule has 1 aromatic heterocycles. The van der Waals surface area contributed by atoms with Crippen LogP contribution in [0, 0.1) is 25.5 Å². The Morgan fingerprint density at radius 2 is 1.71 bits per heavy atom. The smallest absolute Gasteiger partial charge is 0.226 e. The van der Waals surface area contributed by atoms with Crippen LogP contribution < -0.4 is 5.32 Å². The molecule has 0 bridgehead atoms. The van der Waals surface area contributed by atoms with Crippen LogP contribution in [0.15, 0.2) is 60.7 Å². The minimum atomic E-state index is -0.397. The summed E-state index contributed by atoms with van der Waals surface area (Å²) in [5.41, 5.74) is 5.49. The van der Waals surface area contributed by atoms with Crippen molar-refractivity contribution in [2.75, 3.05) is 5.32 Å². The second kappa shape index (κ2) is 8.68. The third-order valence-electron chi connectivity index (χ3n) is 5.39. The molecule has 4 nitrogen and oxygen atoms in total. The van der Waals surface area contributed by atoms with Gasteiger partial charge in [0.2, 0.25) is 5.91 Å². The molecule has 0 aliphatic heterocycles. The van der Waals surface area contributed by atoms with E-state index in [0.29, 0.717) is 18.7 Å². The molecule has 0 aliphatic rings. The number of aryl methyl sites for hydroxylation is 3. The fourth-order valence-corrected chi connectivity index (χ4v) is 3.60. The highest BCUT2D eigenvalue weighted by Crippen LogP contribution is 2.23. The average molecular weight is 419 g/mol. The monoisotopic (exact) mass is 419 g/mol. The number of hydrogen-bond donors (Lipinski definition) is 1. The Bertz CT molecular complexity index is 1250. The van der Waals surface area contributed by atoms with Crippen molar-refractivity contribution in [2.24, 2.45) is 0 Å². The largest absolute Gasteiger partial charge is 0.327 e. The van der Waals surface area contributed by atoms with E-state index in [0.717, 1.165) is 33.5 Å². The Morgan fingerprint density at radius 3 is 2.45 bits per heavy atom. The minimum Gasteiger partial charge on any atom is -0.327 e. The molecule has 0 fully saturated rings. The normalized spacial score (nSPS) is 11.1. The number of fused-ring (bicyclic) bond motifs is 1. The van der Waals surface area contributed by atoms with Gasteiger partial charge in [0, 0.05) is 25.1 Å². The summed E-state index contributed by atoms with van der Waals surface area (Å²) in [4.78, 5) is 17.3. The molecule has 0 radical (unpaired) electrons. The van der Waals surface area contributed by atoms with Gasteiger partial charge in [-0.2, -0.15) is 0 Å². The lowest BCUT2D eigenvalue weighted by atomic mass is 10.1. The van der Waals surface area contributed by atoms with Crippen LogP contribution in [0.1, 0.15) is 28.9 Å². The maximum absolute atomic E-state index is 13.4. The molecule has 0 saturated carbocycles. The summed E-state index contributed by atoms with van der Waals surface area (Å²) < 4.78 is 28.7. The predicted octanol–water partition coefficient (Wildman–Crippen LogP) is 5.55. The second-order valence-corrected chi connectivity index (χ2v) is 7.72. The Labute approximate surface area is 179 Å². The molecule has 4 rings (SSSR count).